The van der Waals surface area contributed by atoms with Crippen molar-refractivity contribution >= 4 is 5.69 Å². The van der Waals surface area contributed by atoms with Crippen molar-refractivity contribution in [1.82, 2.24) is 4.90 Å². The molecule has 0 spiro atoms. The number of likely N-dealkylation sites (N-methyl/N-ethyl adjacent to an activating group) is 1. The Morgan fingerprint density at radius 2 is 1.95 bits per heavy atom. The molecule has 2 unspecified atom stereocenters. The summed E-state index contributed by atoms with van der Waals surface area (Å²) in [5.74, 6) is 0.466. The first-order valence-corrected chi connectivity index (χ1v) is 7.05. The number of rotatable bonds is 3. The topological polar surface area (TPSA) is 32.5 Å². The third-order valence-electron chi connectivity index (χ3n) is 4.20. The number of benzene rings is 1. The van der Waals surface area contributed by atoms with Gasteiger partial charge in [-0.15, -0.1) is 0 Å². The number of anilines is 1. The van der Waals surface area contributed by atoms with Crippen molar-refractivity contribution in [2.24, 2.45) is 11.7 Å². The summed E-state index contributed by atoms with van der Waals surface area (Å²) in [6.07, 6.45) is -4.33. The normalized spacial score (nSPS) is 23.1. The van der Waals surface area contributed by atoms with Crippen LogP contribution in [0.5, 0.6) is 0 Å². The van der Waals surface area contributed by atoms with Crippen LogP contribution >= 0.6 is 0 Å². The molecule has 1 aromatic rings. The Morgan fingerprint density at radius 3 is 2.43 bits per heavy atom. The van der Waals surface area contributed by atoms with E-state index in [1.54, 1.807) is 6.07 Å². The van der Waals surface area contributed by atoms with E-state index in [2.05, 4.69) is 16.7 Å². The van der Waals surface area contributed by atoms with E-state index in [1.165, 1.54) is 6.07 Å². The van der Waals surface area contributed by atoms with E-state index < -0.39 is 11.7 Å². The van der Waals surface area contributed by atoms with E-state index in [1.807, 2.05) is 14.1 Å². The summed E-state index contributed by atoms with van der Waals surface area (Å²) in [6.45, 7) is 3.92. The Hall–Kier alpha value is -1.27. The van der Waals surface area contributed by atoms with Crippen molar-refractivity contribution in [2.45, 2.75) is 25.7 Å². The van der Waals surface area contributed by atoms with Crippen LogP contribution in [-0.4, -0.2) is 38.1 Å². The van der Waals surface area contributed by atoms with Gasteiger partial charge in [0.2, 0.25) is 0 Å². The van der Waals surface area contributed by atoms with E-state index in [9.17, 15) is 13.2 Å². The summed E-state index contributed by atoms with van der Waals surface area (Å²) in [5.41, 5.74) is 6.39. The zero-order valence-electron chi connectivity index (χ0n) is 12.6. The zero-order valence-corrected chi connectivity index (χ0v) is 12.6. The van der Waals surface area contributed by atoms with Crippen molar-refractivity contribution in [3.05, 3.63) is 29.3 Å². The minimum Gasteiger partial charge on any atom is -0.369 e. The lowest BCUT2D eigenvalue weighted by Gasteiger charge is -2.24. The zero-order chi connectivity index (χ0) is 15.8. The number of alkyl halides is 3. The molecule has 1 heterocycles. The van der Waals surface area contributed by atoms with Crippen molar-refractivity contribution < 1.29 is 13.2 Å². The SMILES string of the molecule is CC1CN(c2ccc(C(F)(F)F)cc2CN)CC1N(C)C. The van der Waals surface area contributed by atoms with Crippen molar-refractivity contribution in [3.8, 4) is 0 Å². The third-order valence-corrected chi connectivity index (χ3v) is 4.20. The minimum atomic E-state index is -4.33. The standard InChI is InChI=1S/C15H22F3N3/c1-10-8-21(9-14(10)20(2)3)13-5-4-12(15(16,17)18)6-11(13)7-19/h4-6,10,14H,7-9,19H2,1-3H3. The summed E-state index contributed by atoms with van der Waals surface area (Å²) >= 11 is 0. The summed E-state index contributed by atoms with van der Waals surface area (Å²) in [7, 11) is 4.06. The lowest BCUT2D eigenvalue weighted by molar-refractivity contribution is -0.137. The van der Waals surface area contributed by atoms with Crippen molar-refractivity contribution in [3.63, 3.8) is 0 Å². The highest BCUT2D eigenvalue weighted by Crippen LogP contribution is 2.34. The summed E-state index contributed by atoms with van der Waals surface area (Å²) in [5, 5.41) is 0. The molecular formula is C15H22F3N3. The van der Waals surface area contributed by atoms with E-state index >= 15 is 0 Å². The molecule has 2 rings (SSSR count). The average Bonchev–Trinajstić information content (AvgIpc) is 2.79. The molecule has 1 aromatic carbocycles. The molecule has 1 aliphatic heterocycles. The molecule has 0 aromatic heterocycles. The molecule has 0 amide bonds. The molecule has 1 saturated heterocycles. The van der Waals surface area contributed by atoms with Gasteiger partial charge in [0.25, 0.3) is 0 Å². The van der Waals surface area contributed by atoms with Gasteiger partial charge in [0.05, 0.1) is 5.56 Å². The molecule has 0 aliphatic carbocycles. The highest BCUT2D eigenvalue weighted by molar-refractivity contribution is 5.56. The molecule has 1 fully saturated rings. The Kier molecular flexibility index (Phi) is 4.49. The first-order chi connectivity index (χ1) is 9.74. The quantitative estimate of drug-likeness (QED) is 0.931. The molecule has 0 radical (unpaired) electrons. The number of hydrogen-bond acceptors (Lipinski definition) is 3. The predicted molar refractivity (Wildman–Crippen MR) is 78.2 cm³/mol. The maximum atomic E-state index is 12.8. The second-order valence-corrected chi connectivity index (χ2v) is 5.96. The van der Waals surface area contributed by atoms with Gasteiger partial charge in [-0.3, -0.25) is 0 Å². The van der Waals surface area contributed by atoms with Crippen LogP contribution in [0.4, 0.5) is 18.9 Å². The fourth-order valence-corrected chi connectivity index (χ4v) is 3.05. The van der Waals surface area contributed by atoms with Crippen LogP contribution in [0.3, 0.4) is 0 Å². The molecule has 21 heavy (non-hydrogen) atoms. The van der Waals surface area contributed by atoms with E-state index in [4.69, 9.17) is 5.73 Å². The fourth-order valence-electron chi connectivity index (χ4n) is 3.05. The van der Waals surface area contributed by atoms with Crippen LogP contribution in [-0.2, 0) is 12.7 Å². The Balaban J connectivity index is 2.29. The van der Waals surface area contributed by atoms with Gasteiger partial charge in [-0.1, -0.05) is 6.92 Å². The first kappa shape index (κ1) is 16.1. The molecule has 0 bridgehead atoms. The summed E-state index contributed by atoms with van der Waals surface area (Å²) < 4.78 is 38.3. The highest BCUT2D eigenvalue weighted by atomic mass is 19.4. The van der Waals surface area contributed by atoms with Crippen LogP contribution in [0.1, 0.15) is 18.1 Å². The fraction of sp³-hybridized carbons (Fsp3) is 0.600. The van der Waals surface area contributed by atoms with Crippen LogP contribution in [0.2, 0.25) is 0 Å². The van der Waals surface area contributed by atoms with Crippen LogP contribution in [0.15, 0.2) is 18.2 Å². The predicted octanol–water partition coefficient (Wildman–Crippen LogP) is 2.55. The van der Waals surface area contributed by atoms with Gasteiger partial charge in [0.15, 0.2) is 0 Å². The van der Waals surface area contributed by atoms with Gasteiger partial charge in [-0.05, 0) is 43.8 Å². The summed E-state index contributed by atoms with van der Waals surface area (Å²) in [4.78, 5) is 4.30. The van der Waals surface area contributed by atoms with E-state index in [0.29, 0.717) is 17.5 Å². The molecule has 2 atom stereocenters. The van der Waals surface area contributed by atoms with Crippen molar-refractivity contribution in [2.75, 3.05) is 32.1 Å². The second kappa shape index (κ2) is 5.85. The second-order valence-electron chi connectivity index (χ2n) is 5.96. The summed E-state index contributed by atoms with van der Waals surface area (Å²) in [6, 6.07) is 4.26. The van der Waals surface area contributed by atoms with Crippen LogP contribution in [0.25, 0.3) is 0 Å². The molecule has 6 heteroatoms. The largest absolute Gasteiger partial charge is 0.416 e. The Bertz CT molecular complexity index is 499. The lowest BCUT2D eigenvalue weighted by atomic mass is 10.1. The van der Waals surface area contributed by atoms with E-state index in [0.717, 1.165) is 24.8 Å². The van der Waals surface area contributed by atoms with Gasteiger partial charge >= 0.3 is 6.18 Å². The monoisotopic (exact) mass is 301 g/mol. The first-order valence-electron chi connectivity index (χ1n) is 7.05. The molecule has 118 valence electrons. The Morgan fingerprint density at radius 1 is 1.29 bits per heavy atom. The smallest absolute Gasteiger partial charge is 0.369 e. The van der Waals surface area contributed by atoms with Gasteiger partial charge < -0.3 is 15.5 Å². The minimum absolute atomic E-state index is 0.108. The molecule has 1 aliphatic rings. The average molecular weight is 301 g/mol. The molecule has 0 saturated carbocycles. The molecule has 3 nitrogen and oxygen atoms in total. The maximum Gasteiger partial charge on any atom is 0.416 e. The third kappa shape index (κ3) is 3.32. The van der Waals surface area contributed by atoms with Gasteiger partial charge in [-0.2, -0.15) is 13.2 Å². The highest BCUT2D eigenvalue weighted by Gasteiger charge is 2.34. The van der Waals surface area contributed by atoms with Gasteiger partial charge in [0, 0.05) is 31.4 Å². The number of nitrogens with two attached hydrogens (primary N) is 1. The molecule has 2 N–H and O–H groups in total. The lowest BCUT2D eigenvalue weighted by Crippen LogP contribution is -2.34. The number of nitrogens with zero attached hydrogens (tertiary/aromatic N) is 2. The number of hydrogen-bond donors (Lipinski definition) is 1. The van der Waals surface area contributed by atoms with Gasteiger partial charge in [0.1, 0.15) is 0 Å². The van der Waals surface area contributed by atoms with E-state index in [-0.39, 0.29) is 6.54 Å². The molecular weight excluding hydrogens is 279 g/mol. The van der Waals surface area contributed by atoms with Crippen LogP contribution < -0.4 is 10.6 Å². The number of halogens is 3. The van der Waals surface area contributed by atoms with Crippen LogP contribution in [0, 0.1) is 5.92 Å². The maximum absolute atomic E-state index is 12.8. The van der Waals surface area contributed by atoms with Gasteiger partial charge in [-0.25, -0.2) is 0 Å². The Labute approximate surface area is 123 Å². The van der Waals surface area contributed by atoms with Crippen molar-refractivity contribution in [1.29, 1.82) is 0 Å².